The van der Waals surface area contributed by atoms with Gasteiger partial charge in [0.05, 0.1) is 32.2 Å². The Kier molecular flexibility index (Phi) is 5.86. The molecule has 1 N–H and O–H groups in total. The van der Waals surface area contributed by atoms with E-state index in [2.05, 4.69) is 15.3 Å². The molecule has 0 saturated carbocycles. The highest BCUT2D eigenvalue weighted by Gasteiger charge is 2.23. The maximum absolute atomic E-state index is 13.7. The molecule has 12 heteroatoms. The highest BCUT2D eigenvalue weighted by molar-refractivity contribution is 7.90. The Morgan fingerprint density at radius 3 is 2.50 bits per heavy atom. The van der Waals surface area contributed by atoms with Gasteiger partial charge in [0, 0.05) is 28.9 Å². The standard InChI is InChI=1S/C24H15ClFN5O4S/c25-19-13-27-24(28-15-10-11-20(26)22(12-15)31(32)33)29-23(19)18-14-30(21-9-5-4-8-17(18)21)36(34,35)16-6-2-1-3-7-16/h1-14H,(H,27,28,29). The molecule has 0 saturated heterocycles. The van der Waals surface area contributed by atoms with E-state index in [0.29, 0.717) is 16.5 Å². The lowest BCUT2D eigenvalue weighted by atomic mass is 10.1. The molecule has 36 heavy (non-hydrogen) atoms. The number of nitrogens with zero attached hydrogens (tertiary/aromatic N) is 4. The Labute approximate surface area is 209 Å². The molecule has 2 aromatic heterocycles. The third kappa shape index (κ3) is 4.14. The lowest BCUT2D eigenvalue weighted by Gasteiger charge is -2.08. The van der Waals surface area contributed by atoms with E-state index in [1.165, 1.54) is 34.6 Å². The molecule has 9 nitrogen and oxygen atoms in total. The van der Waals surface area contributed by atoms with Gasteiger partial charge in [0.25, 0.3) is 10.0 Å². The Balaban J connectivity index is 1.62. The van der Waals surface area contributed by atoms with Crippen molar-refractivity contribution in [2.24, 2.45) is 0 Å². The largest absolute Gasteiger partial charge is 0.324 e. The molecule has 0 aliphatic carbocycles. The van der Waals surface area contributed by atoms with Crippen LogP contribution in [0.2, 0.25) is 5.02 Å². The number of nitrogens with one attached hydrogen (secondary N) is 1. The zero-order chi connectivity index (χ0) is 25.4. The van der Waals surface area contributed by atoms with Crippen molar-refractivity contribution in [2.45, 2.75) is 4.90 Å². The van der Waals surface area contributed by atoms with Crippen molar-refractivity contribution in [1.82, 2.24) is 13.9 Å². The van der Waals surface area contributed by atoms with Crippen LogP contribution in [0.4, 0.5) is 21.7 Å². The zero-order valence-corrected chi connectivity index (χ0v) is 19.7. The highest BCUT2D eigenvalue weighted by atomic mass is 35.5. The van der Waals surface area contributed by atoms with Crippen molar-refractivity contribution in [1.29, 1.82) is 0 Å². The van der Waals surface area contributed by atoms with Crippen LogP contribution in [0, 0.1) is 15.9 Å². The van der Waals surface area contributed by atoms with Crippen molar-refractivity contribution in [3.05, 3.63) is 106 Å². The minimum atomic E-state index is -3.93. The van der Waals surface area contributed by atoms with Gasteiger partial charge in [-0.15, -0.1) is 0 Å². The molecule has 5 rings (SSSR count). The summed E-state index contributed by atoms with van der Waals surface area (Å²) in [4.78, 5) is 18.9. The molecule has 5 aromatic rings. The van der Waals surface area contributed by atoms with E-state index in [1.807, 2.05) is 0 Å². The molecule has 0 aliphatic heterocycles. The number of nitro benzene ring substituents is 1. The first-order valence-corrected chi connectivity index (χ1v) is 12.2. The molecule has 0 amide bonds. The number of para-hydroxylation sites is 1. The molecule has 0 unspecified atom stereocenters. The zero-order valence-electron chi connectivity index (χ0n) is 18.2. The van der Waals surface area contributed by atoms with Gasteiger partial charge in [0.15, 0.2) is 0 Å². The third-order valence-corrected chi connectivity index (χ3v) is 7.34. The Morgan fingerprint density at radius 1 is 1.03 bits per heavy atom. The fourth-order valence-electron chi connectivity index (χ4n) is 3.72. The van der Waals surface area contributed by atoms with Crippen molar-refractivity contribution in [3.8, 4) is 11.3 Å². The molecule has 0 radical (unpaired) electrons. The lowest BCUT2D eigenvalue weighted by molar-refractivity contribution is -0.387. The fraction of sp³-hybridized carbons (Fsp3) is 0. The Bertz CT molecular complexity index is 1740. The molecule has 2 heterocycles. The van der Waals surface area contributed by atoms with Crippen LogP contribution in [0.5, 0.6) is 0 Å². The second-order valence-corrected chi connectivity index (χ2v) is 9.83. The van der Waals surface area contributed by atoms with Crippen molar-refractivity contribution >= 4 is 49.9 Å². The molecular weight excluding hydrogens is 509 g/mol. The van der Waals surface area contributed by atoms with Crippen LogP contribution < -0.4 is 5.32 Å². The normalized spacial score (nSPS) is 11.5. The first kappa shape index (κ1) is 23.4. The quantitative estimate of drug-likeness (QED) is 0.221. The minimum absolute atomic E-state index is 0.0260. The summed E-state index contributed by atoms with van der Waals surface area (Å²) >= 11 is 6.41. The molecule has 180 valence electrons. The van der Waals surface area contributed by atoms with Gasteiger partial charge < -0.3 is 5.32 Å². The molecule has 0 bridgehead atoms. The molecule has 0 aliphatic rings. The summed E-state index contributed by atoms with van der Waals surface area (Å²) in [5.74, 6) is -0.950. The van der Waals surface area contributed by atoms with Crippen LogP contribution in [-0.4, -0.2) is 27.3 Å². The Hall–Kier alpha value is -4.35. The number of fused-ring (bicyclic) bond motifs is 1. The van der Waals surface area contributed by atoms with Gasteiger partial charge in [0.1, 0.15) is 0 Å². The first-order valence-electron chi connectivity index (χ1n) is 10.4. The predicted octanol–water partition coefficient (Wildman–Crippen LogP) is 5.78. The van der Waals surface area contributed by atoms with Gasteiger partial charge in [-0.25, -0.2) is 22.4 Å². The molecular formula is C24H15ClFN5O4S. The number of nitro groups is 1. The second-order valence-electron chi connectivity index (χ2n) is 7.61. The first-order chi connectivity index (χ1) is 17.3. The highest BCUT2D eigenvalue weighted by Crippen LogP contribution is 2.36. The molecule has 0 spiro atoms. The van der Waals surface area contributed by atoms with Crippen LogP contribution in [0.3, 0.4) is 0 Å². The summed E-state index contributed by atoms with van der Waals surface area (Å²) in [6.07, 6.45) is 2.76. The topological polar surface area (TPSA) is 120 Å². The smallest absolute Gasteiger partial charge is 0.306 e. The lowest BCUT2D eigenvalue weighted by Crippen LogP contribution is -2.11. The molecule has 0 fully saturated rings. The van der Waals surface area contributed by atoms with Gasteiger partial charge in [-0.2, -0.15) is 4.39 Å². The maximum Gasteiger partial charge on any atom is 0.306 e. The van der Waals surface area contributed by atoms with E-state index in [9.17, 15) is 22.9 Å². The van der Waals surface area contributed by atoms with E-state index in [1.54, 1.807) is 42.5 Å². The monoisotopic (exact) mass is 523 g/mol. The summed E-state index contributed by atoms with van der Waals surface area (Å²) in [5.41, 5.74) is 0.582. The summed E-state index contributed by atoms with van der Waals surface area (Å²) < 4.78 is 41.7. The summed E-state index contributed by atoms with van der Waals surface area (Å²) in [6.45, 7) is 0. The third-order valence-electron chi connectivity index (χ3n) is 5.38. The van der Waals surface area contributed by atoms with E-state index in [4.69, 9.17) is 11.6 Å². The SMILES string of the molecule is O=[N+]([O-])c1cc(Nc2ncc(Cl)c(-c3cn(S(=O)(=O)c4ccccc4)c4ccccc34)n2)ccc1F. The number of halogens is 2. The number of anilines is 2. The molecule has 0 atom stereocenters. The summed E-state index contributed by atoms with van der Waals surface area (Å²) in [7, 11) is -3.93. The molecule has 3 aromatic carbocycles. The summed E-state index contributed by atoms with van der Waals surface area (Å²) in [6, 6.07) is 18.2. The van der Waals surface area contributed by atoms with E-state index in [-0.39, 0.29) is 27.2 Å². The van der Waals surface area contributed by atoms with Crippen LogP contribution in [0.15, 0.2) is 90.1 Å². The second kappa shape index (κ2) is 9.02. The van der Waals surface area contributed by atoms with Gasteiger partial charge in [-0.05, 0) is 30.3 Å². The van der Waals surface area contributed by atoms with Gasteiger partial charge >= 0.3 is 5.69 Å². The van der Waals surface area contributed by atoms with Crippen LogP contribution in [0.25, 0.3) is 22.2 Å². The van der Waals surface area contributed by atoms with Gasteiger partial charge in [-0.3, -0.25) is 10.1 Å². The van der Waals surface area contributed by atoms with Crippen molar-refractivity contribution < 1.29 is 17.7 Å². The van der Waals surface area contributed by atoms with Crippen LogP contribution >= 0.6 is 11.6 Å². The van der Waals surface area contributed by atoms with Crippen LogP contribution in [-0.2, 0) is 10.0 Å². The van der Waals surface area contributed by atoms with E-state index < -0.39 is 26.5 Å². The number of rotatable bonds is 6. The van der Waals surface area contributed by atoms with Gasteiger partial charge in [-0.1, -0.05) is 48.0 Å². The average Bonchev–Trinajstić information content (AvgIpc) is 3.27. The number of aromatic nitrogens is 3. The Morgan fingerprint density at radius 2 is 1.75 bits per heavy atom. The van der Waals surface area contributed by atoms with Crippen LogP contribution in [0.1, 0.15) is 0 Å². The van der Waals surface area contributed by atoms with Gasteiger partial charge in [0.2, 0.25) is 11.8 Å². The maximum atomic E-state index is 13.7. The summed E-state index contributed by atoms with van der Waals surface area (Å²) in [5, 5.41) is 14.6. The van der Waals surface area contributed by atoms with Crippen molar-refractivity contribution in [3.63, 3.8) is 0 Å². The number of benzene rings is 3. The van der Waals surface area contributed by atoms with E-state index >= 15 is 0 Å². The van der Waals surface area contributed by atoms with E-state index in [0.717, 1.165) is 12.1 Å². The van der Waals surface area contributed by atoms with Crippen molar-refractivity contribution in [2.75, 3.05) is 5.32 Å². The number of hydrogen-bond acceptors (Lipinski definition) is 7. The minimum Gasteiger partial charge on any atom is -0.324 e. The average molecular weight is 524 g/mol. The predicted molar refractivity (Wildman–Crippen MR) is 133 cm³/mol. The number of hydrogen-bond donors (Lipinski definition) is 1. The fourth-order valence-corrected chi connectivity index (χ4v) is 5.30.